The number of rotatable bonds is 7. The molecule has 0 aliphatic carbocycles. The number of anilines is 1. The zero-order valence-corrected chi connectivity index (χ0v) is 18.9. The van der Waals surface area contributed by atoms with Gasteiger partial charge >= 0.3 is 0 Å². The zero-order valence-electron chi connectivity index (χ0n) is 15.8. The molecule has 2 rings (SSSR count). The van der Waals surface area contributed by atoms with Crippen LogP contribution in [0.2, 0.25) is 5.02 Å². The van der Waals surface area contributed by atoms with Gasteiger partial charge in [0.25, 0.3) is 0 Å². The Kier molecular flexibility index (Phi) is 10.1. The summed E-state index contributed by atoms with van der Waals surface area (Å²) in [6.45, 7) is 3.06. The molecule has 0 saturated carbocycles. The van der Waals surface area contributed by atoms with Crippen molar-refractivity contribution >= 4 is 47.2 Å². The number of methoxy groups -OCH3 is 2. The molecule has 0 aliphatic rings. The second kappa shape index (κ2) is 11.8. The quantitative estimate of drug-likeness (QED) is 0.328. The summed E-state index contributed by atoms with van der Waals surface area (Å²) in [5, 5.41) is 7.13. The molecule has 8 heteroatoms. The molecule has 0 unspecified atom stereocenters. The van der Waals surface area contributed by atoms with Crippen molar-refractivity contribution in [3.05, 3.63) is 47.0 Å². The fourth-order valence-electron chi connectivity index (χ4n) is 2.37. The first-order chi connectivity index (χ1) is 12.6. The minimum atomic E-state index is 0. The molecule has 0 aliphatic heterocycles. The highest BCUT2D eigenvalue weighted by atomic mass is 127. The Morgan fingerprint density at radius 1 is 1.04 bits per heavy atom. The molecular formula is C19H25ClIN3O3. The van der Waals surface area contributed by atoms with Crippen molar-refractivity contribution in [2.45, 2.75) is 13.5 Å². The Hall–Kier alpha value is -1.87. The van der Waals surface area contributed by atoms with Gasteiger partial charge < -0.3 is 24.8 Å². The molecule has 0 bridgehead atoms. The van der Waals surface area contributed by atoms with Gasteiger partial charge in [0.05, 0.1) is 20.8 Å². The van der Waals surface area contributed by atoms with Crippen LogP contribution in [0.3, 0.4) is 0 Å². The number of nitrogens with one attached hydrogen (secondary N) is 2. The molecule has 2 aromatic rings. The monoisotopic (exact) mass is 505 g/mol. The molecule has 0 radical (unpaired) electrons. The van der Waals surface area contributed by atoms with Crippen LogP contribution >= 0.6 is 35.6 Å². The lowest BCUT2D eigenvalue weighted by molar-refractivity contribution is 0.336. The maximum absolute atomic E-state index is 6.04. The number of nitrogens with zero attached hydrogens (tertiary/aromatic N) is 1. The molecular weight excluding hydrogens is 481 g/mol. The number of halogens is 2. The van der Waals surface area contributed by atoms with Gasteiger partial charge in [-0.2, -0.15) is 0 Å². The largest absolute Gasteiger partial charge is 0.493 e. The minimum Gasteiger partial charge on any atom is -0.493 e. The van der Waals surface area contributed by atoms with Gasteiger partial charge in [-0.15, -0.1) is 24.0 Å². The van der Waals surface area contributed by atoms with Crippen molar-refractivity contribution in [3.8, 4) is 17.2 Å². The van der Waals surface area contributed by atoms with Gasteiger partial charge in [0.1, 0.15) is 5.75 Å². The average Bonchev–Trinajstić information content (AvgIpc) is 2.66. The zero-order chi connectivity index (χ0) is 18.9. The number of hydrogen-bond donors (Lipinski definition) is 2. The van der Waals surface area contributed by atoms with Gasteiger partial charge in [0.2, 0.25) is 0 Å². The van der Waals surface area contributed by atoms with Crippen molar-refractivity contribution in [1.29, 1.82) is 0 Å². The third-order valence-electron chi connectivity index (χ3n) is 3.65. The number of benzene rings is 2. The van der Waals surface area contributed by atoms with Crippen LogP contribution in [0.5, 0.6) is 17.2 Å². The van der Waals surface area contributed by atoms with E-state index in [0.29, 0.717) is 35.6 Å². The second-order valence-corrected chi connectivity index (χ2v) is 5.74. The number of ether oxygens (including phenoxy) is 3. The number of guanidine groups is 1. The summed E-state index contributed by atoms with van der Waals surface area (Å²) in [5.74, 6) is 2.69. The Labute approximate surface area is 182 Å². The van der Waals surface area contributed by atoms with E-state index in [4.69, 9.17) is 25.8 Å². The van der Waals surface area contributed by atoms with Gasteiger partial charge in [0, 0.05) is 35.9 Å². The lowest BCUT2D eigenvalue weighted by Crippen LogP contribution is -2.30. The fourth-order valence-corrected chi connectivity index (χ4v) is 2.54. The first-order valence-electron chi connectivity index (χ1n) is 8.22. The van der Waals surface area contributed by atoms with E-state index in [9.17, 15) is 0 Å². The molecule has 2 N–H and O–H groups in total. The maximum atomic E-state index is 6.04. The molecule has 0 saturated heterocycles. The normalized spacial score (nSPS) is 10.6. The van der Waals surface area contributed by atoms with E-state index in [2.05, 4.69) is 15.6 Å². The number of aliphatic imine (C=N–C) groups is 1. The predicted molar refractivity (Wildman–Crippen MR) is 121 cm³/mol. The van der Waals surface area contributed by atoms with Crippen LogP contribution < -0.4 is 24.8 Å². The Balaban J connectivity index is 0.00000364. The van der Waals surface area contributed by atoms with E-state index in [1.807, 2.05) is 43.3 Å². The Bertz CT molecular complexity index is 772. The predicted octanol–water partition coefficient (Wildman–Crippen LogP) is 4.56. The maximum Gasteiger partial charge on any atom is 0.195 e. The van der Waals surface area contributed by atoms with Gasteiger partial charge in [0.15, 0.2) is 17.5 Å². The van der Waals surface area contributed by atoms with Gasteiger partial charge in [-0.05, 0) is 31.2 Å². The summed E-state index contributed by atoms with van der Waals surface area (Å²) in [4.78, 5) is 4.25. The van der Waals surface area contributed by atoms with Crippen LogP contribution in [0.15, 0.2) is 41.4 Å². The standard InChI is InChI=1S/C19H24ClN3O3.HI/c1-5-26-17-10-14(20)7-6-13(17)12-22-19(21-2)23-15-8-9-16(24-3)18(11-15)25-4;/h6-11H,5,12H2,1-4H3,(H2,21,22,23);1H. The molecule has 0 amide bonds. The van der Waals surface area contributed by atoms with Crippen LogP contribution in [-0.2, 0) is 6.54 Å². The van der Waals surface area contributed by atoms with Crippen molar-refractivity contribution in [2.75, 3.05) is 33.2 Å². The first-order valence-corrected chi connectivity index (χ1v) is 8.60. The highest BCUT2D eigenvalue weighted by molar-refractivity contribution is 14.0. The van der Waals surface area contributed by atoms with Crippen molar-refractivity contribution in [3.63, 3.8) is 0 Å². The second-order valence-electron chi connectivity index (χ2n) is 5.31. The summed E-state index contributed by atoms with van der Waals surface area (Å²) in [6, 6.07) is 11.2. The summed E-state index contributed by atoms with van der Waals surface area (Å²) < 4.78 is 16.2. The van der Waals surface area contributed by atoms with E-state index in [1.165, 1.54) is 0 Å². The third kappa shape index (κ3) is 6.66. The van der Waals surface area contributed by atoms with E-state index in [0.717, 1.165) is 17.0 Å². The average molecular weight is 506 g/mol. The molecule has 0 atom stereocenters. The highest BCUT2D eigenvalue weighted by Gasteiger charge is 2.08. The van der Waals surface area contributed by atoms with E-state index in [1.54, 1.807) is 21.3 Å². The van der Waals surface area contributed by atoms with Crippen molar-refractivity contribution < 1.29 is 14.2 Å². The van der Waals surface area contributed by atoms with E-state index >= 15 is 0 Å². The van der Waals surface area contributed by atoms with Crippen LogP contribution in [0.1, 0.15) is 12.5 Å². The third-order valence-corrected chi connectivity index (χ3v) is 3.88. The SMILES string of the molecule is CCOc1cc(Cl)ccc1CNC(=NC)Nc1ccc(OC)c(OC)c1.I. The lowest BCUT2D eigenvalue weighted by atomic mass is 10.2. The van der Waals surface area contributed by atoms with Crippen LogP contribution in [0.4, 0.5) is 5.69 Å². The topological polar surface area (TPSA) is 64.1 Å². The number of hydrogen-bond acceptors (Lipinski definition) is 4. The van der Waals surface area contributed by atoms with Crippen LogP contribution in [-0.4, -0.2) is 33.8 Å². The van der Waals surface area contributed by atoms with Crippen molar-refractivity contribution in [2.24, 2.45) is 4.99 Å². The molecule has 0 heterocycles. The molecule has 0 spiro atoms. The molecule has 27 heavy (non-hydrogen) atoms. The first kappa shape index (κ1) is 23.2. The molecule has 148 valence electrons. The molecule has 0 aromatic heterocycles. The highest BCUT2D eigenvalue weighted by Crippen LogP contribution is 2.29. The van der Waals surface area contributed by atoms with Gasteiger partial charge in [-0.1, -0.05) is 17.7 Å². The lowest BCUT2D eigenvalue weighted by Gasteiger charge is -2.15. The fraction of sp³-hybridized carbons (Fsp3) is 0.316. The van der Waals surface area contributed by atoms with E-state index in [-0.39, 0.29) is 24.0 Å². The van der Waals surface area contributed by atoms with Crippen LogP contribution in [0.25, 0.3) is 0 Å². The molecule has 2 aromatic carbocycles. The molecule has 6 nitrogen and oxygen atoms in total. The summed E-state index contributed by atoms with van der Waals surface area (Å²) in [7, 11) is 4.92. The Morgan fingerprint density at radius 2 is 1.78 bits per heavy atom. The summed E-state index contributed by atoms with van der Waals surface area (Å²) >= 11 is 6.04. The summed E-state index contributed by atoms with van der Waals surface area (Å²) in [6.07, 6.45) is 0. The Morgan fingerprint density at radius 3 is 2.41 bits per heavy atom. The van der Waals surface area contributed by atoms with Gasteiger partial charge in [-0.25, -0.2) is 0 Å². The molecule has 0 fully saturated rings. The van der Waals surface area contributed by atoms with Crippen LogP contribution in [0, 0.1) is 0 Å². The van der Waals surface area contributed by atoms with Crippen molar-refractivity contribution in [1.82, 2.24) is 5.32 Å². The van der Waals surface area contributed by atoms with Gasteiger partial charge in [-0.3, -0.25) is 4.99 Å². The smallest absolute Gasteiger partial charge is 0.195 e. The summed E-state index contributed by atoms with van der Waals surface area (Å²) in [5.41, 5.74) is 1.82. The minimum absolute atomic E-state index is 0. The van der Waals surface area contributed by atoms with E-state index < -0.39 is 0 Å².